The Kier molecular flexibility index (Phi) is 8.77. The van der Waals surface area contributed by atoms with Crippen LogP contribution in [-0.2, 0) is 14.3 Å². The van der Waals surface area contributed by atoms with Gasteiger partial charge < -0.3 is 15.0 Å². The molecule has 2 aliphatic heterocycles. The molecule has 3 aromatic carbocycles. The number of ether oxygens (including phenoxy) is 1. The molecule has 0 saturated heterocycles. The van der Waals surface area contributed by atoms with Crippen LogP contribution in [0.2, 0.25) is 5.02 Å². The Balaban J connectivity index is 1.56. The first-order chi connectivity index (χ1) is 20.5. The highest BCUT2D eigenvalue weighted by Crippen LogP contribution is 2.39. The van der Waals surface area contributed by atoms with Gasteiger partial charge >= 0.3 is 6.09 Å². The predicted octanol–water partition coefficient (Wildman–Crippen LogP) is 7.72. The van der Waals surface area contributed by atoms with Crippen molar-refractivity contribution in [3.63, 3.8) is 0 Å². The van der Waals surface area contributed by atoms with Crippen molar-refractivity contribution < 1.29 is 32.3 Å². The predicted molar refractivity (Wildman–Crippen MR) is 158 cm³/mol. The van der Waals surface area contributed by atoms with E-state index in [0.29, 0.717) is 47.3 Å². The molecule has 3 aromatic rings. The number of nitrogens with one attached hydrogen (secondary N) is 2. The number of halogens is 4. The van der Waals surface area contributed by atoms with Crippen LogP contribution in [0, 0.1) is 23.4 Å². The van der Waals surface area contributed by atoms with E-state index in [1.165, 1.54) is 25.3 Å². The van der Waals surface area contributed by atoms with Gasteiger partial charge in [-0.25, -0.2) is 18.0 Å². The zero-order valence-corrected chi connectivity index (χ0v) is 24.2. The summed E-state index contributed by atoms with van der Waals surface area (Å²) in [5.74, 6) is -3.39. The van der Waals surface area contributed by atoms with E-state index in [0.717, 1.165) is 12.1 Å². The first-order valence-electron chi connectivity index (χ1n) is 13.8. The van der Waals surface area contributed by atoms with Gasteiger partial charge in [0.15, 0.2) is 5.82 Å². The number of rotatable bonds is 3. The fourth-order valence-corrected chi connectivity index (χ4v) is 5.75. The molecular weight excluding hydrogens is 583 g/mol. The number of anilines is 2. The molecular formula is C32H29ClF3N3O4. The number of hydrogen-bond donors (Lipinski definition) is 2. The number of fused-ring (bicyclic) bond motifs is 4. The number of methoxy groups -OCH3 is 1. The molecule has 0 aliphatic carbocycles. The quantitative estimate of drug-likeness (QED) is 0.297. The average Bonchev–Trinajstić information content (AvgIpc) is 2.97. The van der Waals surface area contributed by atoms with Gasteiger partial charge in [0.2, 0.25) is 11.8 Å². The van der Waals surface area contributed by atoms with Crippen LogP contribution >= 0.6 is 11.6 Å². The lowest BCUT2D eigenvalue weighted by Gasteiger charge is -2.35. The van der Waals surface area contributed by atoms with Crippen molar-refractivity contribution in [2.24, 2.45) is 5.92 Å². The Labute approximate surface area is 251 Å². The highest BCUT2D eigenvalue weighted by Gasteiger charge is 2.31. The third-order valence-electron chi connectivity index (χ3n) is 7.83. The molecule has 11 heteroatoms. The van der Waals surface area contributed by atoms with Crippen LogP contribution in [0.4, 0.5) is 29.3 Å². The maximum Gasteiger partial charge on any atom is 0.411 e. The number of carbonyl (C=O) groups excluding carboxylic acids is 3. The lowest BCUT2D eigenvalue weighted by atomic mass is 9.90. The minimum atomic E-state index is -0.925. The molecule has 2 bridgehead atoms. The molecule has 0 spiro atoms. The van der Waals surface area contributed by atoms with Gasteiger partial charge in [-0.3, -0.25) is 14.9 Å². The third kappa shape index (κ3) is 6.39. The highest BCUT2D eigenvalue weighted by molar-refractivity contribution is 6.31. The van der Waals surface area contributed by atoms with Crippen molar-refractivity contribution in [1.82, 2.24) is 4.90 Å². The van der Waals surface area contributed by atoms with E-state index in [2.05, 4.69) is 15.4 Å². The largest absolute Gasteiger partial charge is 0.453 e. The molecule has 224 valence electrons. The molecule has 0 fully saturated rings. The molecule has 0 unspecified atom stereocenters. The summed E-state index contributed by atoms with van der Waals surface area (Å²) in [6.45, 7) is 1.93. The van der Waals surface area contributed by atoms with Crippen LogP contribution in [0.5, 0.6) is 0 Å². The van der Waals surface area contributed by atoms with E-state index in [-0.39, 0.29) is 35.0 Å². The Morgan fingerprint density at radius 2 is 1.86 bits per heavy atom. The van der Waals surface area contributed by atoms with Crippen LogP contribution in [-0.4, -0.2) is 36.5 Å². The lowest BCUT2D eigenvalue weighted by Crippen LogP contribution is -2.37. The van der Waals surface area contributed by atoms with E-state index in [4.69, 9.17) is 11.6 Å². The van der Waals surface area contributed by atoms with Crippen LogP contribution < -0.4 is 10.6 Å². The Hall–Kier alpha value is -4.31. The Morgan fingerprint density at radius 1 is 1.07 bits per heavy atom. The summed E-state index contributed by atoms with van der Waals surface area (Å²) < 4.78 is 49.1. The fraction of sp³-hybridized carbons (Fsp3) is 0.281. The summed E-state index contributed by atoms with van der Waals surface area (Å²) in [6.07, 6.45) is 2.15. The van der Waals surface area contributed by atoms with Crippen LogP contribution in [0.1, 0.15) is 49.8 Å². The number of amides is 3. The topological polar surface area (TPSA) is 87.7 Å². The molecule has 2 heterocycles. The first kappa shape index (κ1) is 30.2. The van der Waals surface area contributed by atoms with Gasteiger partial charge in [-0.05, 0) is 78.4 Å². The molecule has 5 rings (SSSR count). The van der Waals surface area contributed by atoms with Crippen molar-refractivity contribution in [2.75, 3.05) is 24.3 Å². The second-order valence-corrected chi connectivity index (χ2v) is 11.1. The molecule has 0 aromatic heterocycles. The van der Waals surface area contributed by atoms with Crippen molar-refractivity contribution >= 4 is 46.5 Å². The molecule has 0 saturated carbocycles. The molecule has 2 N–H and O–H groups in total. The van der Waals surface area contributed by atoms with E-state index < -0.39 is 41.4 Å². The van der Waals surface area contributed by atoms with E-state index in [1.54, 1.807) is 36.1 Å². The maximum absolute atomic E-state index is 15.2. The van der Waals surface area contributed by atoms with Crippen molar-refractivity contribution in [3.05, 3.63) is 88.2 Å². The average molecular weight is 612 g/mol. The second-order valence-electron chi connectivity index (χ2n) is 10.7. The molecule has 0 radical (unpaired) electrons. The third-order valence-corrected chi connectivity index (χ3v) is 8.12. The Bertz CT molecular complexity index is 1640. The summed E-state index contributed by atoms with van der Waals surface area (Å²) in [4.78, 5) is 39.9. The number of benzene rings is 3. The van der Waals surface area contributed by atoms with Gasteiger partial charge in [0, 0.05) is 29.8 Å². The zero-order valence-electron chi connectivity index (χ0n) is 23.5. The molecule has 2 atom stereocenters. The smallest absolute Gasteiger partial charge is 0.411 e. The summed E-state index contributed by atoms with van der Waals surface area (Å²) in [5.41, 5.74) is 2.11. The summed E-state index contributed by atoms with van der Waals surface area (Å²) >= 11 is 5.87. The SMILES string of the molecule is COC(=O)Nc1ccc2c(c1)NC(=O)[C@H](C)CCC[C@H](N1CCC(c3c(F)ccc(Cl)c3F)=CC1=O)c1cc(F)cc-2c1. The second kappa shape index (κ2) is 12.5. The number of hydrogen-bond acceptors (Lipinski definition) is 4. The van der Waals surface area contributed by atoms with E-state index >= 15 is 4.39 Å². The van der Waals surface area contributed by atoms with Crippen LogP contribution in [0.3, 0.4) is 0 Å². The van der Waals surface area contributed by atoms with Crippen LogP contribution in [0.15, 0.2) is 54.6 Å². The molecule has 43 heavy (non-hydrogen) atoms. The standard InChI is InChI=1S/C32H29ClF3N3O4/c1-17-4-3-5-27(39-11-10-18(15-28(39)40)29-25(35)9-8-24(33)30(29)36)20-12-19(13-21(34)14-20)23-7-6-22(37-32(42)43-2)16-26(23)38-31(17)41/h6-9,12-17,27H,3-5,10-11H2,1-2H3,(H,37,42)(H,38,41)/t17-,27+/m1/s1. The summed E-state index contributed by atoms with van der Waals surface area (Å²) in [6, 6.07) is 10.9. The molecule has 7 nitrogen and oxygen atoms in total. The number of carbonyl (C=O) groups is 3. The first-order valence-corrected chi connectivity index (χ1v) is 14.2. The van der Waals surface area contributed by atoms with Crippen LogP contribution in [0.25, 0.3) is 16.7 Å². The minimum Gasteiger partial charge on any atom is -0.453 e. The Morgan fingerprint density at radius 3 is 2.60 bits per heavy atom. The van der Waals surface area contributed by atoms with Gasteiger partial charge in [0.1, 0.15) is 11.6 Å². The minimum absolute atomic E-state index is 0.141. The normalized spacial score (nSPS) is 18.9. The van der Waals surface area contributed by atoms with Gasteiger partial charge in [-0.2, -0.15) is 0 Å². The van der Waals surface area contributed by atoms with Crippen molar-refractivity contribution in [2.45, 2.75) is 38.6 Å². The van der Waals surface area contributed by atoms with Crippen molar-refractivity contribution in [1.29, 1.82) is 0 Å². The maximum atomic E-state index is 15.2. The molecule has 2 aliphatic rings. The van der Waals surface area contributed by atoms with Gasteiger partial charge in [0.25, 0.3) is 0 Å². The summed E-state index contributed by atoms with van der Waals surface area (Å²) in [7, 11) is 1.23. The highest BCUT2D eigenvalue weighted by atomic mass is 35.5. The van der Waals surface area contributed by atoms with Gasteiger partial charge in [0.05, 0.1) is 29.4 Å². The monoisotopic (exact) mass is 611 g/mol. The van der Waals surface area contributed by atoms with E-state index in [1.807, 2.05) is 0 Å². The number of nitrogens with zero attached hydrogens (tertiary/aromatic N) is 1. The van der Waals surface area contributed by atoms with Gasteiger partial charge in [-0.1, -0.05) is 31.0 Å². The zero-order chi connectivity index (χ0) is 30.8. The summed E-state index contributed by atoms with van der Waals surface area (Å²) in [5, 5.41) is 5.22. The van der Waals surface area contributed by atoms with Crippen molar-refractivity contribution in [3.8, 4) is 11.1 Å². The molecule has 3 amide bonds. The lowest BCUT2D eigenvalue weighted by molar-refractivity contribution is -0.129. The van der Waals surface area contributed by atoms with E-state index in [9.17, 15) is 23.2 Å². The van der Waals surface area contributed by atoms with Gasteiger partial charge in [-0.15, -0.1) is 0 Å². The fourth-order valence-electron chi connectivity index (χ4n) is 5.60.